The van der Waals surface area contributed by atoms with Gasteiger partial charge in [0.15, 0.2) is 5.78 Å². The van der Waals surface area contributed by atoms with Crippen molar-refractivity contribution in [3.63, 3.8) is 0 Å². The van der Waals surface area contributed by atoms with Crippen molar-refractivity contribution in [1.29, 1.82) is 0 Å². The van der Waals surface area contributed by atoms with Gasteiger partial charge in [-0.25, -0.2) is 4.79 Å². The van der Waals surface area contributed by atoms with Crippen LogP contribution in [0.1, 0.15) is 5.56 Å². The van der Waals surface area contributed by atoms with E-state index < -0.39 is 11.8 Å². The lowest BCUT2D eigenvalue weighted by Crippen LogP contribution is -2.08. The SMILES string of the molecule is O=C(/C=C/c1ccccc1)C1=C(O)COC1=O. The van der Waals surface area contributed by atoms with Gasteiger partial charge in [-0.1, -0.05) is 36.4 Å². The molecule has 0 saturated heterocycles. The van der Waals surface area contributed by atoms with Crippen LogP contribution in [-0.2, 0) is 14.3 Å². The fourth-order valence-electron chi connectivity index (χ4n) is 1.46. The highest BCUT2D eigenvalue weighted by atomic mass is 16.5. The second-order valence-corrected chi connectivity index (χ2v) is 3.51. The summed E-state index contributed by atoms with van der Waals surface area (Å²) in [4.78, 5) is 22.8. The molecule has 1 heterocycles. The number of aliphatic hydroxyl groups is 1. The van der Waals surface area contributed by atoms with Crippen molar-refractivity contribution in [3.8, 4) is 0 Å². The Kier molecular flexibility index (Phi) is 3.05. The molecule has 1 aromatic rings. The zero-order valence-electron chi connectivity index (χ0n) is 8.92. The Morgan fingerprint density at radius 1 is 1.29 bits per heavy atom. The Hall–Kier alpha value is -2.36. The molecule has 0 bridgehead atoms. The molecule has 0 saturated carbocycles. The van der Waals surface area contributed by atoms with Crippen molar-refractivity contribution < 1.29 is 19.4 Å². The first kappa shape index (κ1) is 11.1. The average Bonchev–Trinajstić information content (AvgIpc) is 2.67. The van der Waals surface area contributed by atoms with E-state index in [9.17, 15) is 14.7 Å². The molecule has 0 radical (unpaired) electrons. The van der Waals surface area contributed by atoms with Gasteiger partial charge in [-0.05, 0) is 11.6 Å². The number of ether oxygens (including phenoxy) is 1. The number of rotatable bonds is 3. The lowest BCUT2D eigenvalue weighted by molar-refractivity contribution is -0.137. The van der Waals surface area contributed by atoms with Crippen molar-refractivity contribution in [2.45, 2.75) is 0 Å². The summed E-state index contributed by atoms with van der Waals surface area (Å²) < 4.78 is 4.53. The number of carbonyl (C=O) groups is 2. The highest BCUT2D eigenvalue weighted by Crippen LogP contribution is 2.15. The van der Waals surface area contributed by atoms with E-state index in [0.717, 1.165) is 5.56 Å². The van der Waals surface area contributed by atoms with Crippen molar-refractivity contribution >= 4 is 17.8 Å². The van der Waals surface area contributed by atoms with Gasteiger partial charge < -0.3 is 9.84 Å². The molecular formula is C13H10O4. The highest BCUT2D eigenvalue weighted by molar-refractivity contribution is 6.23. The number of hydrogen-bond donors (Lipinski definition) is 1. The third-order valence-corrected chi connectivity index (χ3v) is 2.31. The molecule has 17 heavy (non-hydrogen) atoms. The van der Waals surface area contributed by atoms with Gasteiger partial charge in [0.2, 0.25) is 0 Å². The number of allylic oxidation sites excluding steroid dienone is 1. The summed E-state index contributed by atoms with van der Waals surface area (Å²) in [6.45, 7) is -0.223. The minimum absolute atomic E-state index is 0.223. The minimum Gasteiger partial charge on any atom is -0.508 e. The number of esters is 1. The van der Waals surface area contributed by atoms with Crippen LogP contribution in [0.15, 0.2) is 47.7 Å². The summed E-state index contributed by atoms with van der Waals surface area (Å²) >= 11 is 0. The van der Waals surface area contributed by atoms with E-state index in [1.54, 1.807) is 6.08 Å². The number of ketones is 1. The maximum atomic E-state index is 11.6. The fourth-order valence-corrected chi connectivity index (χ4v) is 1.46. The van der Waals surface area contributed by atoms with Gasteiger partial charge in [-0.15, -0.1) is 0 Å². The predicted molar refractivity (Wildman–Crippen MR) is 61.1 cm³/mol. The molecule has 0 atom stereocenters. The number of aliphatic hydroxyl groups excluding tert-OH is 1. The largest absolute Gasteiger partial charge is 0.508 e. The summed E-state index contributed by atoms with van der Waals surface area (Å²) in [5.41, 5.74) is 0.560. The minimum atomic E-state index is -0.773. The zero-order chi connectivity index (χ0) is 12.3. The summed E-state index contributed by atoms with van der Waals surface area (Å²) in [7, 11) is 0. The average molecular weight is 230 g/mol. The van der Waals surface area contributed by atoms with Crippen LogP contribution in [0.2, 0.25) is 0 Å². The third-order valence-electron chi connectivity index (χ3n) is 2.31. The second-order valence-electron chi connectivity index (χ2n) is 3.51. The first-order chi connectivity index (χ1) is 8.18. The molecule has 0 unspecified atom stereocenters. The lowest BCUT2D eigenvalue weighted by Gasteiger charge is -1.94. The number of cyclic esters (lactones) is 1. The molecule has 0 fully saturated rings. The standard InChI is InChI=1S/C13H10O4/c14-10(12-11(15)8-17-13(12)16)7-6-9-4-2-1-3-5-9/h1-7,15H,8H2/b7-6+. The van der Waals surface area contributed by atoms with Gasteiger partial charge in [-0.3, -0.25) is 4.79 Å². The Bertz CT molecular complexity index is 511. The smallest absolute Gasteiger partial charge is 0.346 e. The molecular weight excluding hydrogens is 220 g/mol. The third kappa shape index (κ3) is 2.42. The van der Waals surface area contributed by atoms with Crippen LogP contribution in [0.25, 0.3) is 6.08 Å². The Morgan fingerprint density at radius 2 is 2.00 bits per heavy atom. The molecule has 1 aliphatic heterocycles. The molecule has 1 aliphatic rings. The first-order valence-corrected chi connectivity index (χ1v) is 5.05. The number of benzene rings is 1. The molecule has 4 nitrogen and oxygen atoms in total. The van der Waals surface area contributed by atoms with E-state index in [1.165, 1.54) is 6.08 Å². The molecule has 1 aromatic carbocycles. The van der Waals surface area contributed by atoms with E-state index in [-0.39, 0.29) is 17.9 Å². The summed E-state index contributed by atoms with van der Waals surface area (Å²) in [5.74, 6) is -1.63. The Balaban J connectivity index is 2.15. The van der Waals surface area contributed by atoms with Gasteiger partial charge in [0, 0.05) is 0 Å². The van der Waals surface area contributed by atoms with Crippen LogP contribution in [0.3, 0.4) is 0 Å². The van der Waals surface area contributed by atoms with Gasteiger partial charge in [0.05, 0.1) is 0 Å². The fraction of sp³-hybridized carbons (Fsp3) is 0.0769. The van der Waals surface area contributed by atoms with Crippen molar-refractivity contribution in [2.75, 3.05) is 6.61 Å². The van der Waals surface area contributed by atoms with Gasteiger partial charge >= 0.3 is 5.97 Å². The van der Waals surface area contributed by atoms with E-state index in [2.05, 4.69) is 4.74 Å². The molecule has 1 N–H and O–H groups in total. The Morgan fingerprint density at radius 3 is 2.59 bits per heavy atom. The first-order valence-electron chi connectivity index (χ1n) is 5.05. The summed E-state index contributed by atoms with van der Waals surface area (Å²) in [6.07, 6.45) is 2.82. The van der Waals surface area contributed by atoms with E-state index in [4.69, 9.17) is 0 Å². The van der Waals surface area contributed by atoms with E-state index in [1.807, 2.05) is 30.3 Å². The maximum Gasteiger partial charge on any atom is 0.346 e. The number of carbonyl (C=O) groups excluding carboxylic acids is 2. The molecule has 4 heteroatoms. The van der Waals surface area contributed by atoms with Gasteiger partial charge in [0.1, 0.15) is 17.9 Å². The van der Waals surface area contributed by atoms with Gasteiger partial charge in [0.25, 0.3) is 0 Å². The molecule has 86 valence electrons. The number of hydrogen-bond acceptors (Lipinski definition) is 4. The monoisotopic (exact) mass is 230 g/mol. The van der Waals surface area contributed by atoms with Crippen molar-refractivity contribution in [2.24, 2.45) is 0 Å². The summed E-state index contributed by atoms with van der Waals surface area (Å²) in [5, 5.41) is 9.31. The molecule has 0 aliphatic carbocycles. The van der Waals surface area contributed by atoms with Crippen molar-refractivity contribution in [1.82, 2.24) is 0 Å². The van der Waals surface area contributed by atoms with Gasteiger partial charge in [-0.2, -0.15) is 0 Å². The van der Waals surface area contributed by atoms with Crippen LogP contribution in [0.4, 0.5) is 0 Å². The van der Waals surface area contributed by atoms with Crippen molar-refractivity contribution in [3.05, 3.63) is 53.3 Å². The Labute approximate surface area is 97.8 Å². The topological polar surface area (TPSA) is 63.6 Å². The molecule has 0 aromatic heterocycles. The van der Waals surface area contributed by atoms with Crippen LogP contribution in [0, 0.1) is 0 Å². The molecule has 0 amide bonds. The van der Waals surface area contributed by atoms with Crippen LogP contribution >= 0.6 is 0 Å². The van der Waals surface area contributed by atoms with Crippen LogP contribution in [0.5, 0.6) is 0 Å². The zero-order valence-corrected chi connectivity index (χ0v) is 8.92. The highest BCUT2D eigenvalue weighted by Gasteiger charge is 2.29. The predicted octanol–water partition coefficient (Wildman–Crippen LogP) is 1.64. The normalized spacial score (nSPS) is 15.4. The molecule has 0 spiro atoms. The second kappa shape index (κ2) is 4.65. The molecule has 2 rings (SSSR count). The van der Waals surface area contributed by atoms with E-state index in [0.29, 0.717) is 0 Å². The summed E-state index contributed by atoms with van der Waals surface area (Å²) in [6, 6.07) is 9.19. The lowest BCUT2D eigenvalue weighted by atomic mass is 10.1. The van der Waals surface area contributed by atoms with E-state index >= 15 is 0 Å². The van der Waals surface area contributed by atoms with Crippen LogP contribution < -0.4 is 0 Å². The maximum absolute atomic E-state index is 11.6. The quantitative estimate of drug-likeness (QED) is 0.487. The van der Waals surface area contributed by atoms with Crippen LogP contribution in [-0.4, -0.2) is 23.5 Å².